The van der Waals surface area contributed by atoms with E-state index in [1.807, 2.05) is 61.5 Å². The van der Waals surface area contributed by atoms with Crippen molar-refractivity contribution < 1.29 is 9.53 Å². The van der Waals surface area contributed by atoms with Gasteiger partial charge in [-0.05, 0) is 43.3 Å². The highest BCUT2D eigenvalue weighted by molar-refractivity contribution is 6.04. The minimum atomic E-state index is -0.174. The number of benzene rings is 2. The van der Waals surface area contributed by atoms with Crippen LogP contribution < -0.4 is 10.1 Å². The number of rotatable bonds is 4. The summed E-state index contributed by atoms with van der Waals surface area (Å²) in [6.45, 7) is 1.81. The van der Waals surface area contributed by atoms with Crippen molar-refractivity contribution in [2.75, 3.05) is 5.32 Å². The molecule has 0 atom stereocenters. The van der Waals surface area contributed by atoms with Gasteiger partial charge in [0, 0.05) is 18.9 Å². The maximum Gasteiger partial charge on any atom is 0.259 e. The van der Waals surface area contributed by atoms with Crippen LogP contribution in [0.4, 0.5) is 5.69 Å². The number of anilines is 1. The highest BCUT2D eigenvalue weighted by Crippen LogP contribution is 2.23. The molecular formula is C18H18ClN3O2. The summed E-state index contributed by atoms with van der Waals surface area (Å²) in [5.74, 6) is 1.31. The topological polar surface area (TPSA) is 56.2 Å². The van der Waals surface area contributed by atoms with Gasteiger partial charge in [-0.15, -0.1) is 12.4 Å². The fourth-order valence-corrected chi connectivity index (χ4v) is 2.25. The van der Waals surface area contributed by atoms with E-state index in [-0.39, 0.29) is 18.3 Å². The van der Waals surface area contributed by atoms with Gasteiger partial charge >= 0.3 is 0 Å². The molecule has 1 aromatic heterocycles. The van der Waals surface area contributed by atoms with Crippen LogP contribution in [0.1, 0.15) is 16.1 Å². The van der Waals surface area contributed by atoms with E-state index < -0.39 is 0 Å². The average molecular weight is 344 g/mol. The first kappa shape index (κ1) is 17.6. The fraction of sp³-hybridized carbons (Fsp3) is 0.111. The van der Waals surface area contributed by atoms with Gasteiger partial charge in [0.2, 0.25) is 0 Å². The van der Waals surface area contributed by atoms with E-state index in [0.29, 0.717) is 22.7 Å². The molecule has 0 aliphatic carbocycles. The third-order valence-electron chi connectivity index (χ3n) is 3.35. The van der Waals surface area contributed by atoms with Crippen molar-refractivity contribution in [3.63, 3.8) is 0 Å². The molecule has 0 aliphatic rings. The number of para-hydroxylation sites is 1. The van der Waals surface area contributed by atoms with Crippen molar-refractivity contribution in [1.82, 2.24) is 9.78 Å². The van der Waals surface area contributed by atoms with E-state index in [0.717, 1.165) is 5.75 Å². The zero-order valence-electron chi connectivity index (χ0n) is 13.4. The Hall–Kier alpha value is -2.79. The number of nitrogens with zero attached hydrogens (tertiary/aromatic N) is 2. The van der Waals surface area contributed by atoms with Gasteiger partial charge in [-0.1, -0.05) is 18.2 Å². The van der Waals surface area contributed by atoms with E-state index >= 15 is 0 Å². The number of aromatic nitrogens is 2. The maximum atomic E-state index is 12.2. The molecule has 0 spiro atoms. The average Bonchev–Trinajstić information content (AvgIpc) is 2.89. The van der Waals surface area contributed by atoms with Gasteiger partial charge in [0.15, 0.2) is 0 Å². The highest BCUT2D eigenvalue weighted by Gasteiger charge is 2.12. The summed E-state index contributed by atoms with van der Waals surface area (Å²) in [5.41, 5.74) is 1.98. The lowest BCUT2D eigenvalue weighted by molar-refractivity contribution is 0.102. The number of hydrogen-bond donors (Lipinski definition) is 1. The lowest BCUT2D eigenvalue weighted by Crippen LogP contribution is -2.12. The van der Waals surface area contributed by atoms with Crippen LogP contribution in [0.5, 0.6) is 11.5 Å². The fourth-order valence-electron chi connectivity index (χ4n) is 2.25. The van der Waals surface area contributed by atoms with Crippen LogP contribution in [0.2, 0.25) is 0 Å². The van der Waals surface area contributed by atoms with E-state index in [9.17, 15) is 4.79 Å². The zero-order valence-corrected chi connectivity index (χ0v) is 14.2. The Morgan fingerprint density at radius 1 is 1.04 bits per heavy atom. The zero-order chi connectivity index (χ0) is 16.2. The monoisotopic (exact) mass is 343 g/mol. The first-order chi connectivity index (χ1) is 11.1. The summed E-state index contributed by atoms with van der Waals surface area (Å²) in [5, 5.41) is 7.03. The molecule has 1 heterocycles. The first-order valence-corrected chi connectivity index (χ1v) is 7.26. The third-order valence-corrected chi connectivity index (χ3v) is 3.35. The molecule has 24 heavy (non-hydrogen) atoms. The first-order valence-electron chi connectivity index (χ1n) is 7.26. The number of carbonyl (C=O) groups is 1. The summed E-state index contributed by atoms with van der Waals surface area (Å²) < 4.78 is 7.35. The second-order valence-corrected chi connectivity index (χ2v) is 5.20. The largest absolute Gasteiger partial charge is 0.457 e. The molecule has 0 bridgehead atoms. The predicted molar refractivity (Wildman–Crippen MR) is 96.1 cm³/mol. The maximum absolute atomic E-state index is 12.2. The van der Waals surface area contributed by atoms with Crippen LogP contribution in [0.15, 0.2) is 60.8 Å². The van der Waals surface area contributed by atoms with Gasteiger partial charge in [-0.25, -0.2) is 0 Å². The Kier molecular flexibility index (Phi) is 5.60. The number of hydrogen-bond acceptors (Lipinski definition) is 3. The van der Waals surface area contributed by atoms with Gasteiger partial charge in [-0.2, -0.15) is 5.10 Å². The van der Waals surface area contributed by atoms with Gasteiger partial charge in [-0.3, -0.25) is 9.48 Å². The van der Waals surface area contributed by atoms with Crippen molar-refractivity contribution >= 4 is 24.0 Å². The van der Waals surface area contributed by atoms with Crippen LogP contribution in [0.25, 0.3) is 0 Å². The van der Waals surface area contributed by atoms with Gasteiger partial charge in [0.25, 0.3) is 5.91 Å². The minimum Gasteiger partial charge on any atom is -0.457 e. The molecule has 124 valence electrons. The van der Waals surface area contributed by atoms with Crippen LogP contribution in [-0.4, -0.2) is 15.7 Å². The Labute approximate surface area is 146 Å². The standard InChI is InChI=1S/C18H17N3O2.ClH/c1-13-17(12-21(2)20-13)18(22)19-14-8-10-16(11-9-14)23-15-6-4-3-5-7-15;/h3-12H,1-2H3,(H,19,22);1H. The molecule has 1 amide bonds. The van der Waals surface area contributed by atoms with Crippen molar-refractivity contribution in [3.05, 3.63) is 72.1 Å². The quantitative estimate of drug-likeness (QED) is 0.772. The second-order valence-electron chi connectivity index (χ2n) is 5.20. The summed E-state index contributed by atoms with van der Waals surface area (Å²) in [7, 11) is 1.79. The molecule has 0 radical (unpaired) electrons. The molecular weight excluding hydrogens is 326 g/mol. The second kappa shape index (κ2) is 7.66. The number of halogens is 1. The number of aryl methyl sites for hydroxylation is 2. The van der Waals surface area contributed by atoms with Gasteiger partial charge in [0.1, 0.15) is 11.5 Å². The lowest BCUT2D eigenvalue weighted by Gasteiger charge is -2.07. The molecule has 0 saturated carbocycles. The van der Waals surface area contributed by atoms with Crippen LogP contribution in [-0.2, 0) is 7.05 Å². The SMILES string of the molecule is Cc1nn(C)cc1C(=O)Nc1ccc(Oc2ccccc2)cc1.Cl. The lowest BCUT2D eigenvalue weighted by atomic mass is 10.2. The van der Waals surface area contributed by atoms with E-state index in [4.69, 9.17) is 4.74 Å². The Morgan fingerprint density at radius 2 is 1.67 bits per heavy atom. The summed E-state index contributed by atoms with van der Waals surface area (Å²) in [4.78, 5) is 12.2. The van der Waals surface area contributed by atoms with Gasteiger partial charge < -0.3 is 10.1 Å². The van der Waals surface area contributed by atoms with E-state index in [2.05, 4.69) is 10.4 Å². The minimum absolute atomic E-state index is 0. The Bertz CT molecular complexity index is 814. The Morgan fingerprint density at radius 3 is 2.25 bits per heavy atom. The molecule has 1 N–H and O–H groups in total. The van der Waals surface area contributed by atoms with Crippen LogP contribution in [0, 0.1) is 6.92 Å². The number of amides is 1. The van der Waals surface area contributed by atoms with Crippen molar-refractivity contribution in [3.8, 4) is 11.5 Å². The molecule has 2 aromatic carbocycles. The van der Waals surface area contributed by atoms with E-state index in [1.54, 1.807) is 17.9 Å². The third kappa shape index (κ3) is 4.14. The van der Waals surface area contributed by atoms with Gasteiger partial charge in [0.05, 0.1) is 11.3 Å². The smallest absolute Gasteiger partial charge is 0.259 e. The molecule has 6 heteroatoms. The van der Waals surface area contributed by atoms with Crippen molar-refractivity contribution in [2.24, 2.45) is 7.05 Å². The predicted octanol–water partition coefficient (Wildman–Crippen LogP) is 4.19. The molecule has 0 aliphatic heterocycles. The molecule has 0 unspecified atom stereocenters. The van der Waals surface area contributed by atoms with Crippen molar-refractivity contribution in [2.45, 2.75) is 6.92 Å². The van der Waals surface area contributed by atoms with Crippen LogP contribution in [0.3, 0.4) is 0 Å². The number of carbonyl (C=O) groups excluding carboxylic acids is 1. The van der Waals surface area contributed by atoms with Crippen LogP contribution >= 0.6 is 12.4 Å². The molecule has 5 nitrogen and oxygen atoms in total. The summed E-state index contributed by atoms with van der Waals surface area (Å²) >= 11 is 0. The molecule has 3 rings (SSSR count). The molecule has 0 saturated heterocycles. The van der Waals surface area contributed by atoms with Crippen molar-refractivity contribution in [1.29, 1.82) is 0 Å². The number of nitrogens with one attached hydrogen (secondary N) is 1. The Balaban J connectivity index is 0.00000208. The normalized spacial score (nSPS) is 9.92. The number of ether oxygens (including phenoxy) is 1. The molecule has 0 fully saturated rings. The van der Waals surface area contributed by atoms with E-state index in [1.165, 1.54) is 0 Å². The summed E-state index contributed by atoms with van der Waals surface area (Å²) in [6, 6.07) is 16.8. The highest BCUT2D eigenvalue weighted by atomic mass is 35.5. The summed E-state index contributed by atoms with van der Waals surface area (Å²) in [6.07, 6.45) is 1.71. The molecule has 3 aromatic rings.